The Morgan fingerprint density at radius 2 is 1.08 bits per heavy atom. The predicted octanol–water partition coefficient (Wildman–Crippen LogP) is 11.2. The summed E-state index contributed by atoms with van der Waals surface area (Å²) in [5.41, 5.74) is 6.30. The molecule has 0 amide bonds. The summed E-state index contributed by atoms with van der Waals surface area (Å²) in [4.78, 5) is 0. The topological polar surface area (TPSA) is 4.93 Å². The molecule has 3 heteroatoms. The van der Waals surface area contributed by atoms with Gasteiger partial charge in [-0.1, -0.05) is 84.9 Å². The molecular formula is C36H21NS2. The van der Waals surface area contributed by atoms with Crippen molar-refractivity contribution in [1.82, 2.24) is 4.57 Å². The van der Waals surface area contributed by atoms with Crippen LogP contribution in [-0.2, 0) is 0 Å². The van der Waals surface area contributed by atoms with Gasteiger partial charge >= 0.3 is 0 Å². The van der Waals surface area contributed by atoms with Crippen molar-refractivity contribution in [2.24, 2.45) is 0 Å². The Hall–Kier alpha value is -4.44. The number of rotatable bonds is 2. The Labute approximate surface area is 232 Å². The van der Waals surface area contributed by atoms with Gasteiger partial charge in [-0.15, -0.1) is 22.7 Å². The number of nitrogens with zero attached hydrogens (tertiary/aromatic N) is 1. The molecular weight excluding hydrogens is 511 g/mol. The van der Waals surface area contributed by atoms with Crippen molar-refractivity contribution in [1.29, 1.82) is 0 Å². The fourth-order valence-corrected chi connectivity index (χ4v) is 8.61. The van der Waals surface area contributed by atoms with E-state index in [1.54, 1.807) is 0 Å². The normalized spacial score (nSPS) is 12.1. The van der Waals surface area contributed by atoms with Gasteiger partial charge < -0.3 is 4.57 Å². The standard InChI is InChI=1S/C36H21NS2/c1-4-13-31-25(8-1)26-9-2-5-14-32(26)37(31)23-17-19-34-30(21-23)28-18-16-22(20-35(28)38-34)24-11-7-12-29-27-10-3-6-15-33(27)39-36(24)29/h1-21H. The number of fused-ring (bicyclic) bond motifs is 9. The van der Waals surface area contributed by atoms with E-state index in [1.165, 1.54) is 79.0 Å². The minimum absolute atomic E-state index is 1.21. The first kappa shape index (κ1) is 21.5. The Morgan fingerprint density at radius 3 is 1.90 bits per heavy atom. The van der Waals surface area contributed by atoms with Crippen LogP contribution in [0.15, 0.2) is 127 Å². The van der Waals surface area contributed by atoms with Gasteiger partial charge in [0.25, 0.3) is 0 Å². The van der Waals surface area contributed by atoms with Crippen molar-refractivity contribution < 1.29 is 0 Å². The van der Waals surface area contributed by atoms with Crippen molar-refractivity contribution in [2.45, 2.75) is 0 Å². The molecule has 0 fully saturated rings. The van der Waals surface area contributed by atoms with E-state index in [0.717, 1.165) is 0 Å². The average molecular weight is 532 g/mol. The highest BCUT2D eigenvalue weighted by molar-refractivity contribution is 7.26. The van der Waals surface area contributed by atoms with E-state index in [4.69, 9.17) is 0 Å². The van der Waals surface area contributed by atoms with Gasteiger partial charge in [-0.25, -0.2) is 0 Å². The van der Waals surface area contributed by atoms with Gasteiger partial charge in [-0.05, 0) is 53.6 Å². The lowest BCUT2D eigenvalue weighted by Gasteiger charge is -2.08. The smallest absolute Gasteiger partial charge is 0.0541 e. The molecule has 3 aromatic heterocycles. The Kier molecular flexibility index (Phi) is 4.43. The molecule has 9 aromatic rings. The third-order valence-electron chi connectivity index (χ3n) is 8.01. The zero-order valence-corrected chi connectivity index (χ0v) is 22.5. The van der Waals surface area contributed by atoms with Crippen LogP contribution in [0, 0.1) is 0 Å². The lowest BCUT2D eigenvalue weighted by Crippen LogP contribution is -1.93. The zero-order chi connectivity index (χ0) is 25.5. The number of hydrogen-bond donors (Lipinski definition) is 0. The second-order valence-corrected chi connectivity index (χ2v) is 12.3. The van der Waals surface area contributed by atoms with Crippen LogP contribution in [0.5, 0.6) is 0 Å². The van der Waals surface area contributed by atoms with Crippen LogP contribution in [-0.4, -0.2) is 4.57 Å². The van der Waals surface area contributed by atoms with Crippen molar-refractivity contribution >= 4 is 84.8 Å². The van der Waals surface area contributed by atoms with Crippen molar-refractivity contribution in [3.8, 4) is 16.8 Å². The highest BCUT2D eigenvalue weighted by Gasteiger charge is 2.15. The Balaban J connectivity index is 1.25. The maximum atomic E-state index is 2.41. The van der Waals surface area contributed by atoms with E-state index >= 15 is 0 Å². The molecule has 0 radical (unpaired) electrons. The number of hydrogen-bond acceptors (Lipinski definition) is 2. The summed E-state index contributed by atoms with van der Waals surface area (Å²) >= 11 is 3.78. The van der Waals surface area contributed by atoms with Crippen LogP contribution in [0.1, 0.15) is 0 Å². The molecule has 0 N–H and O–H groups in total. The number of benzene rings is 6. The van der Waals surface area contributed by atoms with Gasteiger partial charge in [-0.2, -0.15) is 0 Å². The second-order valence-electron chi connectivity index (χ2n) is 10.1. The molecule has 0 unspecified atom stereocenters. The van der Waals surface area contributed by atoms with E-state index < -0.39 is 0 Å². The van der Waals surface area contributed by atoms with Crippen LogP contribution in [0.2, 0.25) is 0 Å². The highest BCUT2D eigenvalue weighted by Crippen LogP contribution is 2.43. The predicted molar refractivity (Wildman–Crippen MR) is 172 cm³/mol. The summed E-state index contributed by atoms with van der Waals surface area (Å²) < 4.78 is 7.78. The van der Waals surface area contributed by atoms with Crippen LogP contribution in [0.3, 0.4) is 0 Å². The Morgan fingerprint density at radius 1 is 0.410 bits per heavy atom. The molecule has 0 aliphatic heterocycles. The molecule has 0 aliphatic rings. The molecule has 0 atom stereocenters. The molecule has 0 saturated carbocycles. The molecule has 0 spiro atoms. The van der Waals surface area contributed by atoms with E-state index in [1.807, 2.05) is 22.7 Å². The van der Waals surface area contributed by atoms with Gasteiger partial charge in [0.05, 0.1) is 11.0 Å². The van der Waals surface area contributed by atoms with Crippen LogP contribution in [0.25, 0.3) is 79.0 Å². The molecule has 182 valence electrons. The first-order valence-electron chi connectivity index (χ1n) is 13.2. The maximum absolute atomic E-state index is 2.41. The van der Waals surface area contributed by atoms with Gasteiger partial charge in [0.15, 0.2) is 0 Å². The molecule has 0 aliphatic carbocycles. The van der Waals surface area contributed by atoms with Crippen LogP contribution in [0.4, 0.5) is 0 Å². The van der Waals surface area contributed by atoms with Crippen molar-refractivity contribution in [2.75, 3.05) is 0 Å². The third kappa shape index (κ3) is 3.06. The van der Waals surface area contributed by atoms with E-state index in [-0.39, 0.29) is 0 Å². The van der Waals surface area contributed by atoms with Crippen molar-refractivity contribution in [3.63, 3.8) is 0 Å². The quantitative estimate of drug-likeness (QED) is 0.209. The summed E-state index contributed by atoms with van der Waals surface area (Å²) in [5.74, 6) is 0. The summed E-state index contributed by atoms with van der Waals surface area (Å²) in [6, 6.07) is 46.9. The minimum atomic E-state index is 1.21. The van der Waals surface area contributed by atoms with Gasteiger partial charge in [0, 0.05) is 56.8 Å². The van der Waals surface area contributed by atoms with Gasteiger partial charge in [0.1, 0.15) is 0 Å². The fraction of sp³-hybridized carbons (Fsp3) is 0. The summed E-state index contributed by atoms with van der Waals surface area (Å²) in [6.45, 7) is 0. The largest absolute Gasteiger partial charge is 0.309 e. The highest BCUT2D eigenvalue weighted by atomic mass is 32.1. The molecule has 0 saturated heterocycles. The number of thiophene rings is 2. The van der Waals surface area contributed by atoms with Crippen LogP contribution < -0.4 is 0 Å². The van der Waals surface area contributed by atoms with E-state index in [0.29, 0.717) is 0 Å². The molecule has 9 rings (SSSR count). The molecule has 6 aromatic carbocycles. The maximum Gasteiger partial charge on any atom is 0.0541 e. The van der Waals surface area contributed by atoms with E-state index in [9.17, 15) is 0 Å². The SMILES string of the molecule is c1ccc2c(c1)sc1c(-c3ccc4c(c3)sc3ccc(-n5c6ccccc6c6ccccc65)cc34)cccc12. The molecule has 0 bridgehead atoms. The van der Waals surface area contributed by atoms with Crippen LogP contribution >= 0.6 is 22.7 Å². The third-order valence-corrected chi connectivity index (χ3v) is 10.4. The first-order chi connectivity index (χ1) is 19.3. The lowest BCUT2D eigenvalue weighted by atomic mass is 10.0. The second kappa shape index (κ2) is 8.03. The first-order valence-corrected chi connectivity index (χ1v) is 14.8. The van der Waals surface area contributed by atoms with Gasteiger partial charge in [0.2, 0.25) is 0 Å². The lowest BCUT2D eigenvalue weighted by molar-refractivity contribution is 1.19. The fourth-order valence-electron chi connectivity index (χ4n) is 6.25. The zero-order valence-electron chi connectivity index (χ0n) is 20.9. The molecule has 1 nitrogen and oxygen atoms in total. The number of para-hydroxylation sites is 2. The summed E-state index contributed by atoms with van der Waals surface area (Å²) in [5, 5.41) is 7.93. The molecule has 39 heavy (non-hydrogen) atoms. The Bertz CT molecular complexity index is 2350. The number of aromatic nitrogens is 1. The minimum Gasteiger partial charge on any atom is -0.309 e. The monoisotopic (exact) mass is 531 g/mol. The summed E-state index contributed by atoms with van der Waals surface area (Å²) in [6.07, 6.45) is 0. The average Bonchev–Trinajstić information content (AvgIpc) is 3.66. The molecule has 3 heterocycles. The van der Waals surface area contributed by atoms with Gasteiger partial charge in [-0.3, -0.25) is 0 Å². The van der Waals surface area contributed by atoms with E-state index in [2.05, 4.69) is 132 Å². The van der Waals surface area contributed by atoms with Crippen molar-refractivity contribution in [3.05, 3.63) is 127 Å². The summed E-state index contributed by atoms with van der Waals surface area (Å²) in [7, 11) is 0.